The average Bonchev–Trinajstić information content (AvgIpc) is 3.07. The summed E-state index contributed by atoms with van der Waals surface area (Å²) in [6.45, 7) is 10.2. The summed E-state index contributed by atoms with van der Waals surface area (Å²) in [5.74, 6) is -0.0844. The van der Waals surface area contributed by atoms with E-state index in [0.29, 0.717) is 17.9 Å². The van der Waals surface area contributed by atoms with Crippen molar-refractivity contribution in [2.75, 3.05) is 13.1 Å². The number of carbonyl (C=O) groups is 1. The first-order valence-electron chi connectivity index (χ1n) is 8.54. The molecule has 2 fully saturated rings. The fraction of sp³-hybridized carbons (Fsp3) is 0.750. The van der Waals surface area contributed by atoms with Crippen molar-refractivity contribution in [3.8, 4) is 0 Å². The van der Waals surface area contributed by atoms with Crippen LogP contribution in [-0.2, 0) is 14.8 Å². The Morgan fingerprint density at radius 1 is 1.25 bits per heavy atom. The van der Waals surface area contributed by atoms with Crippen LogP contribution in [0.1, 0.15) is 51.0 Å². The molecule has 7 nitrogen and oxygen atoms in total. The van der Waals surface area contributed by atoms with Gasteiger partial charge in [0.1, 0.15) is 10.9 Å². The molecule has 0 unspecified atom stereocenters. The summed E-state index contributed by atoms with van der Waals surface area (Å²) in [5, 5.41) is 4.40. The van der Waals surface area contributed by atoms with Gasteiger partial charge in [0.05, 0.1) is 11.4 Å². The van der Waals surface area contributed by atoms with E-state index < -0.39 is 16.1 Å². The summed E-state index contributed by atoms with van der Waals surface area (Å²) in [5.41, 5.74) is 1.13. The smallest absolute Gasteiger partial charge is 0.247 e. The number of rotatable bonds is 3. The standard InChI is InChI=1S/C16H26N4O3S/c1-10(2)20-12(4)15(11(3)17-20)24(22,23)19-9-14-7-6-8-18(14)16(21)13(19)5/h10,13-14H,6-9H2,1-5H3/t13-,14+/m0/s1. The van der Waals surface area contributed by atoms with Crippen LogP contribution < -0.4 is 0 Å². The second kappa shape index (κ2) is 5.84. The highest BCUT2D eigenvalue weighted by Crippen LogP contribution is 2.32. The number of sulfonamides is 1. The van der Waals surface area contributed by atoms with Crippen molar-refractivity contribution in [1.82, 2.24) is 19.0 Å². The molecular formula is C16H26N4O3S. The highest BCUT2D eigenvalue weighted by molar-refractivity contribution is 7.89. The lowest BCUT2D eigenvalue weighted by molar-refractivity contribution is -0.139. The molecule has 24 heavy (non-hydrogen) atoms. The normalized spacial score (nSPS) is 25.6. The fourth-order valence-electron chi connectivity index (χ4n) is 3.99. The maximum Gasteiger partial charge on any atom is 0.247 e. The minimum Gasteiger partial charge on any atom is -0.337 e. The molecule has 8 heteroatoms. The molecule has 1 amide bonds. The van der Waals surface area contributed by atoms with Crippen LogP contribution in [0.3, 0.4) is 0 Å². The van der Waals surface area contributed by atoms with Crippen LogP contribution in [0.5, 0.6) is 0 Å². The van der Waals surface area contributed by atoms with E-state index in [0.717, 1.165) is 19.4 Å². The van der Waals surface area contributed by atoms with Crippen LogP contribution in [0.25, 0.3) is 0 Å². The molecule has 0 spiro atoms. The molecule has 0 N–H and O–H groups in total. The van der Waals surface area contributed by atoms with Gasteiger partial charge in [0.2, 0.25) is 15.9 Å². The fourth-order valence-corrected chi connectivity index (χ4v) is 5.98. The molecule has 2 atom stereocenters. The predicted molar refractivity (Wildman–Crippen MR) is 90.2 cm³/mol. The first-order valence-corrected chi connectivity index (χ1v) is 9.98. The van der Waals surface area contributed by atoms with Crippen molar-refractivity contribution in [2.24, 2.45) is 0 Å². The maximum absolute atomic E-state index is 13.3. The quantitative estimate of drug-likeness (QED) is 0.824. The monoisotopic (exact) mass is 354 g/mol. The van der Waals surface area contributed by atoms with E-state index in [1.165, 1.54) is 4.31 Å². The molecule has 2 aliphatic rings. The molecule has 2 aliphatic heterocycles. The van der Waals surface area contributed by atoms with Gasteiger partial charge < -0.3 is 4.90 Å². The highest BCUT2D eigenvalue weighted by Gasteiger charge is 2.46. The molecule has 0 saturated carbocycles. The Kier molecular flexibility index (Phi) is 4.24. The van der Waals surface area contributed by atoms with Crippen molar-refractivity contribution in [2.45, 2.75) is 70.5 Å². The van der Waals surface area contributed by atoms with E-state index in [4.69, 9.17) is 0 Å². The molecular weight excluding hydrogens is 328 g/mol. The van der Waals surface area contributed by atoms with Crippen LogP contribution in [0.2, 0.25) is 0 Å². The van der Waals surface area contributed by atoms with Crippen molar-refractivity contribution in [1.29, 1.82) is 0 Å². The molecule has 0 aliphatic carbocycles. The first-order chi connectivity index (χ1) is 11.2. The van der Waals surface area contributed by atoms with E-state index in [-0.39, 0.29) is 22.9 Å². The van der Waals surface area contributed by atoms with Gasteiger partial charge in [0.15, 0.2) is 0 Å². The van der Waals surface area contributed by atoms with Crippen LogP contribution in [0.4, 0.5) is 0 Å². The second-order valence-electron chi connectivity index (χ2n) is 7.12. The van der Waals surface area contributed by atoms with E-state index >= 15 is 0 Å². The number of hydrogen-bond acceptors (Lipinski definition) is 4. The first kappa shape index (κ1) is 17.4. The van der Waals surface area contributed by atoms with Gasteiger partial charge in [0.25, 0.3) is 0 Å². The molecule has 3 rings (SSSR count). The minimum absolute atomic E-state index is 0.00392. The zero-order valence-electron chi connectivity index (χ0n) is 15.0. The van der Waals surface area contributed by atoms with E-state index in [9.17, 15) is 13.2 Å². The third-order valence-corrected chi connectivity index (χ3v) is 7.34. The Bertz CT molecular complexity index is 769. The summed E-state index contributed by atoms with van der Waals surface area (Å²) in [6, 6.07) is -0.576. The third-order valence-electron chi connectivity index (χ3n) is 5.15. The number of carbonyl (C=O) groups excluding carboxylic acids is 1. The molecule has 2 saturated heterocycles. The summed E-state index contributed by atoms with van der Waals surface area (Å²) in [4.78, 5) is 14.7. The highest BCUT2D eigenvalue weighted by atomic mass is 32.2. The van der Waals surface area contributed by atoms with Crippen molar-refractivity contribution in [3.05, 3.63) is 11.4 Å². The Morgan fingerprint density at radius 3 is 2.50 bits per heavy atom. The second-order valence-corrected chi connectivity index (χ2v) is 8.94. The van der Waals surface area contributed by atoms with Crippen LogP contribution in [0.15, 0.2) is 4.90 Å². The SMILES string of the molecule is Cc1nn(C(C)C)c(C)c1S(=O)(=O)N1C[C@H]2CCCN2C(=O)[C@@H]1C. The molecule has 134 valence electrons. The van der Waals surface area contributed by atoms with Gasteiger partial charge in [-0.25, -0.2) is 8.42 Å². The largest absolute Gasteiger partial charge is 0.337 e. The van der Waals surface area contributed by atoms with Crippen molar-refractivity contribution >= 4 is 15.9 Å². The zero-order valence-corrected chi connectivity index (χ0v) is 15.8. The van der Waals surface area contributed by atoms with Gasteiger partial charge in [-0.3, -0.25) is 9.48 Å². The number of piperazine rings is 1. The summed E-state index contributed by atoms with van der Waals surface area (Å²) >= 11 is 0. The van der Waals surface area contributed by atoms with Crippen LogP contribution in [0, 0.1) is 13.8 Å². The van der Waals surface area contributed by atoms with E-state index in [2.05, 4.69) is 5.10 Å². The van der Waals surface area contributed by atoms with E-state index in [1.54, 1.807) is 25.5 Å². The van der Waals surface area contributed by atoms with Gasteiger partial charge in [-0.15, -0.1) is 0 Å². The van der Waals surface area contributed by atoms with E-state index in [1.807, 2.05) is 18.7 Å². The molecule has 3 heterocycles. The minimum atomic E-state index is -3.75. The summed E-state index contributed by atoms with van der Waals surface area (Å²) < 4.78 is 29.7. The molecule has 1 aromatic rings. The number of aryl methyl sites for hydroxylation is 1. The Morgan fingerprint density at radius 2 is 1.92 bits per heavy atom. The Balaban J connectivity index is 2.03. The van der Waals surface area contributed by atoms with Gasteiger partial charge in [-0.1, -0.05) is 0 Å². The molecule has 1 aromatic heterocycles. The number of aromatic nitrogens is 2. The van der Waals surface area contributed by atoms with Gasteiger partial charge in [0, 0.05) is 25.2 Å². The summed E-state index contributed by atoms with van der Waals surface area (Å²) in [7, 11) is -3.75. The topological polar surface area (TPSA) is 75.5 Å². The number of nitrogens with zero attached hydrogens (tertiary/aromatic N) is 4. The number of hydrogen-bond donors (Lipinski definition) is 0. The molecule has 0 radical (unpaired) electrons. The lowest BCUT2D eigenvalue weighted by Gasteiger charge is -2.40. The molecule has 0 aromatic carbocycles. The van der Waals surface area contributed by atoms with Gasteiger partial charge in [-0.05, 0) is 47.5 Å². The lowest BCUT2D eigenvalue weighted by Crippen LogP contribution is -2.60. The zero-order chi connectivity index (χ0) is 17.8. The number of amides is 1. The Hall–Kier alpha value is -1.41. The van der Waals surface area contributed by atoms with Gasteiger partial charge in [-0.2, -0.15) is 9.40 Å². The predicted octanol–water partition coefficient (Wildman–Crippen LogP) is 1.46. The molecule has 0 bridgehead atoms. The summed E-state index contributed by atoms with van der Waals surface area (Å²) in [6.07, 6.45) is 1.81. The van der Waals surface area contributed by atoms with Gasteiger partial charge >= 0.3 is 0 Å². The third kappa shape index (κ3) is 2.47. The van der Waals surface area contributed by atoms with Crippen molar-refractivity contribution in [3.63, 3.8) is 0 Å². The average molecular weight is 354 g/mol. The Labute approximate surface area is 143 Å². The number of fused-ring (bicyclic) bond motifs is 1. The lowest BCUT2D eigenvalue weighted by atomic mass is 10.1. The van der Waals surface area contributed by atoms with Crippen LogP contribution >= 0.6 is 0 Å². The maximum atomic E-state index is 13.3. The van der Waals surface area contributed by atoms with Crippen LogP contribution in [-0.4, -0.2) is 58.5 Å². The van der Waals surface area contributed by atoms with Crippen molar-refractivity contribution < 1.29 is 13.2 Å².